The van der Waals surface area contributed by atoms with Crippen molar-refractivity contribution in [3.05, 3.63) is 89.0 Å². The highest BCUT2D eigenvalue weighted by Gasteiger charge is 2.22. The number of hydrogen-bond acceptors (Lipinski definition) is 0. The molecule has 1 aliphatic rings. The third-order valence-electron chi connectivity index (χ3n) is 5.69. The zero-order valence-electron chi connectivity index (χ0n) is 16.6. The summed E-state index contributed by atoms with van der Waals surface area (Å²) in [6.07, 6.45) is 5.85. The second-order valence-electron chi connectivity index (χ2n) is 7.88. The van der Waals surface area contributed by atoms with Crippen molar-refractivity contribution in [2.75, 3.05) is 0 Å². The lowest BCUT2D eigenvalue weighted by atomic mass is 9.86. The Balaban J connectivity index is 1.97. The standard InChI is InChI=1S/C27H28/c1-4-10-21-15-16-22-17-23(19(2)3)18-26(22)27(21)25-14-9-8-13-24(25)20-11-6-5-7-12-20/h5-9,11-16,18-19H,4,10,17H2,1-3H3. The third-order valence-corrected chi connectivity index (χ3v) is 5.69. The van der Waals surface area contributed by atoms with Gasteiger partial charge in [0.25, 0.3) is 0 Å². The van der Waals surface area contributed by atoms with Gasteiger partial charge in [0, 0.05) is 0 Å². The van der Waals surface area contributed by atoms with Gasteiger partial charge in [-0.1, -0.05) is 106 Å². The van der Waals surface area contributed by atoms with E-state index >= 15 is 0 Å². The summed E-state index contributed by atoms with van der Waals surface area (Å²) >= 11 is 0. The summed E-state index contributed by atoms with van der Waals surface area (Å²) in [4.78, 5) is 0. The minimum atomic E-state index is 0.601. The fraction of sp³-hybridized carbons (Fsp3) is 0.259. The molecule has 0 nitrogen and oxygen atoms in total. The van der Waals surface area contributed by atoms with E-state index in [-0.39, 0.29) is 0 Å². The molecule has 0 saturated heterocycles. The minimum Gasteiger partial charge on any atom is -0.0651 e. The lowest BCUT2D eigenvalue weighted by molar-refractivity contribution is 0.754. The number of aryl methyl sites for hydroxylation is 1. The van der Waals surface area contributed by atoms with Crippen LogP contribution in [0, 0.1) is 5.92 Å². The van der Waals surface area contributed by atoms with Gasteiger partial charge in [0.15, 0.2) is 0 Å². The van der Waals surface area contributed by atoms with Gasteiger partial charge in [-0.25, -0.2) is 0 Å². The van der Waals surface area contributed by atoms with E-state index in [2.05, 4.69) is 93.6 Å². The van der Waals surface area contributed by atoms with E-state index in [0.717, 1.165) is 12.8 Å². The lowest BCUT2D eigenvalue weighted by Crippen LogP contribution is -1.97. The van der Waals surface area contributed by atoms with Gasteiger partial charge in [0.1, 0.15) is 0 Å². The van der Waals surface area contributed by atoms with Crippen molar-refractivity contribution in [2.24, 2.45) is 5.92 Å². The Morgan fingerprint density at radius 2 is 1.52 bits per heavy atom. The first-order valence-electron chi connectivity index (χ1n) is 10.2. The molecule has 27 heavy (non-hydrogen) atoms. The quantitative estimate of drug-likeness (QED) is 0.444. The summed E-state index contributed by atoms with van der Waals surface area (Å²) in [6, 6.07) is 24.4. The highest BCUT2D eigenvalue weighted by Crippen LogP contribution is 2.42. The molecule has 0 bridgehead atoms. The van der Waals surface area contributed by atoms with E-state index in [1.807, 2.05) is 0 Å². The average molecular weight is 353 g/mol. The molecule has 0 saturated carbocycles. The predicted octanol–water partition coefficient (Wildman–Crippen LogP) is 7.57. The van der Waals surface area contributed by atoms with Crippen LogP contribution in [-0.2, 0) is 12.8 Å². The molecule has 136 valence electrons. The molecule has 3 aromatic carbocycles. The Kier molecular flexibility index (Phi) is 4.99. The van der Waals surface area contributed by atoms with Crippen molar-refractivity contribution >= 4 is 6.08 Å². The Morgan fingerprint density at radius 1 is 0.815 bits per heavy atom. The van der Waals surface area contributed by atoms with Crippen molar-refractivity contribution in [2.45, 2.75) is 40.0 Å². The SMILES string of the molecule is CCCc1ccc2c(c1-c1ccccc1-c1ccccc1)C=C(C(C)C)C2. The molecule has 0 aliphatic heterocycles. The highest BCUT2D eigenvalue weighted by molar-refractivity contribution is 5.91. The highest BCUT2D eigenvalue weighted by atomic mass is 14.3. The van der Waals surface area contributed by atoms with E-state index in [0.29, 0.717) is 5.92 Å². The first-order chi connectivity index (χ1) is 13.2. The average Bonchev–Trinajstić information content (AvgIpc) is 3.14. The number of benzene rings is 3. The van der Waals surface area contributed by atoms with Crippen molar-refractivity contribution < 1.29 is 0 Å². The van der Waals surface area contributed by atoms with Gasteiger partial charge < -0.3 is 0 Å². The molecule has 0 radical (unpaired) electrons. The largest absolute Gasteiger partial charge is 0.0651 e. The summed E-state index contributed by atoms with van der Waals surface area (Å²) in [5.41, 5.74) is 11.4. The van der Waals surface area contributed by atoms with Crippen LogP contribution in [0.5, 0.6) is 0 Å². The molecule has 0 aromatic heterocycles. The number of allylic oxidation sites excluding steroid dienone is 1. The smallest absolute Gasteiger partial charge is 0.00550 e. The predicted molar refractivity (Wildman–Crippen MR) is 118 cm³/mol. The molecule has 3 aromatic rings. The summed E-state index contributed by atoms with van der Waals surface area (Å²) < 4.78 is 0. The van der Waals surface area contributed by atoms with Gasteiger partial charge in [-0.05, 0) is 57.7 Å². The van der Waals surface area contributed by atoms with Crippen molar-refractivity contribution in [3.63, 3.8) is 0 Å². The molecule has 0 heteroatoms. The second kappa shape index (κ2) is 7.56. The maximum atomic E-state index is 2.47. The van der Waals surface area contributed by atoms with Crippen molar-refractivity contribution in [1.82, 2.24) is 0 Å². The topological polar surface area (TPSA) is 0 Å². The maximum absolute atomic E-state index is 2.47. The molecule has 0 spiro atoms. The van der Waals surface area contributed by atoms with Gasteiger partial charge in [-0.2, -0.15) is 0 Å². The van der Waals surface area contributed by atoms with Gasteiger partial charge in [0.2, 0.25) is 0 Å². The van der Waals surface area contributed by atoms with Crippen LogP contribution in [0.4, 0.5) is 0 Å². The van der Waals surface area contributed by atoms with E-state index < -0.39 is 0 Å². The van der Waals surface area contributed by atoms with Crippen LogP contribution >= 0.6 is 0 Å². The summed E-state index contributed by atoms with van der Waals surface area (Å²) in [6.45, 7) is 6.89. The van der Waals surface area contributed by atoms with Crippen LogP contribution in [0.3, 0.4) is 0 Å². The van der Waals surface area contributed by atoms with E-state index in [4.69, 9.17) is 0 Å². The molecule has 0 fully saturated rings. The van der Waals surface area contributed by atoms with Gasteiger partial charge in [-0.15, -0.1) is 0 Å². The Hall–Kier alpha value is -2.60. The van der Waals surface area contributed by atoms with E-state index in [1.54, 1.807) is 5.57 Å². The summed E-state index contributed by atoms with van der Waals surface area (Å²) in [5.74, 6) is 0.601. The second-order valence-corrected chi connectivity index (χ2v) is 7.88. The zero-order chi connectivity index (χ0) is 18.8. The molecule has 0 heterocycles. The first kappa shape index (κ1) is 17.8. The Morgan fingerprint density at radius 3 is 2.22 bits per heavy atom. The molecule has 1 aliphatic carbocycles. The summed E-state index contributed by atoms with van der Waals surface area (Å²) in [5, 5.41) is 0. The molecule has 0 N–H and O–H groups in total. The van der Waals surface area contributed by atoms with Crippen LogP contribution in [0.1, 0.15) is 43.9 Å². The molecule has 0 unspecified atom stereocenters. The number of hydrogen-bond donors (Lipinski definition) is 0. The summed E-state index contributed by atoms with van der Waals surface area (Å²) in [7, 11) is 0. The van der Waals surface area contributed by atoms with Gasteiger partial charge >= 0.3 is 0 Å². The fourth-order valence-electron chi connectivity index (χ4n) is 4.22. The molecular formula is C27H28. The van der Waals surface area contributed by atoms with Crippen LogP contribution in [0.2, 0.25) is 0 Å². The molecule has 4 rings (SSSR count). The lowest BCUT2D eigenvalue weighted by Gasteiger charge is -2.18. The molecule has 0 amide bonds. The van der Waals surface area contributed by atoms with Crippen LogP contribution in [-0.4, -0.2) is 0 Å². The molecular weight excluding hydrogens is 324 g/mol. The van der Waals surface area contributed by atoms with Crippen LogP contribution in [0.25, 0.3) is 28.3 Å². The Bertz CT molecular complexity index is 974. The fourth-order valence-corrected chi connectivity index (χ4v) is 4.22. The first-order valence-corrected chi connectivity index (χ1v) is 10.2. The van der Waals surface area contributed by atoms with Crippen LogP contribution in [0.15, 0.2) is 72.3 Å². The van der Waals surface area contributed by atoms with E-state index in [1.165, 1.54) is 45.4 Å². The Labute approximate surface area is 163 Å². The van der Waals surface area contributed by atoms with Crippen molar-refractivity contribution in [1.29, 1.82) is 0 Å². The monoisotopic (exact) mass is 352 g/mol. The minimum absolute atomic E-state index is 0.601. The zero-order valence-corrected chi connectivity index (χ0v) is 16.6. The number of fused-ring (bicyclic) bond motifs is 1. The third kappa shape index (κ3) is 3.37. The normalized spacial score (nSPS) is 13.0. The molecule has 0 atom stereocenters. The maximum Gasteiger partial charge on any atom is -0.00550 e. The van der Waals surface area contributed by atoms with E-state index in [9.17, 15) is 0 Å². The number of rotatable bonds is 5. The van der Waals surface area contributed by atoms with Gasteiger partial charge in [-0.3, -0.25) is 0 Å². The van der Waals surface area contributed by atoms with Crippen molar-refractivity contribution in [3.8, 4) is 22.3 Å². The van der Waals surface area contributed by atoms with Gasteiger partial charge in [0.05, 0.1) is 0 Å². The van der Waals surface area contributed by atoms with Crippen LogP contribution < -0.4 is 0 Å².